The number of anilines is 1. The topological polar surface area (TPSA) is 77.2 Å². The molecule has 1 saturated heterocycles. The van der Waals surface area contributed by atoms with E-state index in [1.165, 1.54) is 4.63 Å². The van der Waals surface area contributed by atoms with Gasteiger partial charge in [-0.25, -0.2) is 0 Å². The monoisotopic (exact) mass is 220 g/mol. The number of ether oxygens (including phenoxy) is 1. The van der Waals surface area contributed by atoms with Gasteiger partial charge >= 0.3 is 0 Å². The minimum absolute atomic E-state index is 0.298. The van der Waals surface area contributed by atoms with E-state index in [0.29, 0.717) is 11.8 Å². The van der Waals surface area contributed by atoms with Crippen molar-refractivity contribution in [2.45, 2.75) is 18.9 Å². The zero-order chi connectivity index (χ0) is 10.8. The van der Waals surface area contributed by atoms with Gasteiger partial charge in [0.15, 0.2) is 5.65 Å². The number of nitrogens with zero attached hydrogens (tertiary/aromatic N) is 5. The standard InChI is InChI=1S/C9H12N6O/c1-2-7(16-5-1)6-10-8-3-4-9-11-13-14-15(9)12-8/h3-4,7H,1-2,5-6H2,(H,10,12)/t7-/m0/s1. The maximum Gasteiger partial charge on any atom is 0.200 e. The summed E-state index contributed by atoms with van der Waals surface area (Å²) in [5.74, 6) is 0.760. The van der Waals surface area contributed by atoms with Crippen molar-refractivity contribution in [2.75, 3.05) is 18.5 Å². The fourth-order valence-corrected chi connectivity index (χ4v) is 1.77. The lowest BCUT2D eigenvalue weighted by atomic mass is 10.2. The third-order valence-corrected chi connectivity index (χ3v) is 2.60. The van der Waals surface area contributed by atoms with Crippen LogP contribution in [0.3, 0.4) is 0 Å². The molecule has 2 aromatic heterocycles. The van der Waals surface area contributed by atoms with Gasteiger partial charge in [0, 0.05) is 13.2 Å². The van der Waals surface area contributed by atoms with Gasteiger partial charge in [0.2, 0.25) is 0 Å². The van der Waals surface area contributed by atoms with E-state index in [9.17, 15) is 0 Å². The van der Waals surface area contributed by atoms with Gasteiger partial charge in [-0.1, -0.05) is 0 Å². The first-order valence-corrected chi connectivity index (χ1v) is 5.33. The third kappa shape index (κ3) is 1.81. The van der Waals surface area contributed by atoms with Gasteiger partial charge < -0.3 is 10.1 Å². The minimum atomic E-state index is 0.298. The second-order valence-corrected chi connectivity index (χ2v) is 3.76. The number of aromatic nitrogens is 5. The number of nitrogens with one attached hydrogen (secondary N) is 1. The average Bonchev–Trinajstić information content (AvgIpc) is 2.97. The molecule has 3 rings (SSSR count). The summed E-state index contributed by atoms with van der Waals surface area (Å²) < 4.78 is 6.91. The van der Waals surface area contributed by atoms with Crippen molar-refractivity contribution < 1.29 is 4.74 Å². The summed E-state index contributed by atoms with van der Waals surface area (Å²) in [6, 6.07) is 3.69. The summed E-state index contributed by atoms with van der Waals surface area (Å²) in [6.45, 7) is 1.65. The van der Waals surface area contributed by atoms with E-state index in [0.717, 1.165) is 31.8 Å². The van der Waals surface area contributed by atoms with Gasteiger partial charge in [0.1, 0.15) is 5.82 Å². The predicted molar refractivity (Wildman–Crippen MR) is 56.0 cm³/mol. The Balaban J connectivity index is 1.68. The summed E-state index contributed by atoms with van der Waals surface area (Å²) >= 11 is 0. The van der Waals surface area contributed by atoms with Crippen LogP contribution in [0.1, 0.15) is 12.8 Å². The van der Waals surface area contributed by atoms with E-state index < -0.39 is 0 Å². The molecule has 16 heavy (non-hydrogen) atoms. The molecule has 0 aliphatic carbocycles. The normalized spacial score (nSPS) is 20.4. The molecule has 1 aliphatic rings. The zero-order valence-electron chi connectivity index (χ0n) is 8.70. The Morgan fingerprint density at radius 1 is 1.50 bits per heavy atom. The Morgan fingerprint density at radius 3 is 3.38 bits per heavy atom. The van der Waals surface area contributed by atoms with Crippen molar-refractivity contribution in [1.82, 2.24) is 25.3 Å². The van der Waals surface area contributed by atoms with Crippen LogP contribution in [-0.2, 0) is 4.74 Å². The van der Waals surface area contributed by atoms with Crippen molar-refractivity contribution in [3.05, 3.63) is 12.1 Å². The molecule has 0 unspecified atom stereocenters. The fourth-order valence-electron chi connectivity index (χ4n) is 1.77. The Labute approximate surface area is 91.8 Å². The van der Waals surface area contributed by atoms with Crippen LogP contribution in [0.4, 0.5) is 5.82 Å². The molecule has 1 fully saturated rings. The zero-order valence-corrected chi connectivity index (χ0v) is 8.70. The second-order valence-electron chi connectivity index (χ2n) is 3.76. The van der Waals surface area contributed by atoms with Gasteiger partial charge in [-0.2, -0.15) is 0 Å². The molecule has 3 heterocycles. The third-order valence-electron chi connectivity index (χ3n) is 2.60. The quantitative estimate of drug-likeness (QED) is 0.791. The SMILES string of the molecule is c1cc2nnnn2nc1NC[C@@H]1CCCO1. The number of fused-ring (bicyclic) bond motifs is 1. The summed E-state index contributed by atoms with van der Waals surface area (Å²) in [4.78, 5) is 0. The van der Waals surface area contributed by atoms with E-state index in [1.54, 1.807) is 0 Å². The van der Waals surface area contributed by atoms with Gasteiger partial charge in [0.25, 0.3) is 0 Å². The van der Waals surface area contributed by atoms with Crippen LogP contribution in [0.25, 0.3) is 5.65 Å². The minimum Gasteiger partial charge on any atom is -0.376 e. The van der Waals surface area contributed by atoms with Crippen molar-refractivity contribution in [1.29, 1.82) is 0 Å². The van der Waals surface area contributed by atoms with Gasteiger partial charge in [0.05, 0.1) is 6.10 Å². The van der Waals surface area contributed by atoms with E-state index in [1.807, 2.05) is 12.1 Å². The van der Waals surface area contributed by atoms with Crippen LogP contribution in [0.15, 0.2) is 12.1 Å². The molecule has 7 nitrogen and oxygen atoms in total. The molecule has 0 bridgehead atoms. The Kier molecular flexibility index (Phi) is 2.37. The van der Waals surface area contributed by atoms with Gasteiger partial charge in [-0.05, 0) is 35.4 Å². The maximum absolute atomic E-state index is 5.51. The molecule has 7 heteroatoms. The van der Waals surface area contributed by atoms with Crippen molar-refractivity contribution >= 4 is 11.5 Å². The molecule has 1 atom stereocenters. The highest BCUT2D eigenvalue weighted by molar-refractivity contribution is 5.42. The first-order valence-electron chi connectivity index (χ1n) is 5.33. The van der Waals surface area contributed by atoms with Crippen LogP contribution < -0.4 is 5.32 Å². The predicted octanol–water partition coefficient (Wildman–Crippen LogP) is 0.110. The largest absolute Gasteiger partial charge is 0.376 e. The highest BCUT2D eigenvalue weighted by Crippen LogP contribution is 2.12. The molecule has 0 radical (unpaired) electrons. The number of hydrogen-bond donors (Lipinski definition) is 1. The molecule has 1 aliphatic heterocycles. The van der Waals surface area contributed by atoms with Crippen molar-refractivity contribution in [3.63, 3.8) is 0 Å². The molecule has 0 spiro atoms. The molecule has 0 aromatic carbocycles. The summed E-state index contributed by atoms with van der Waals surface area (Å²) in [5, 5.41) is 18.5. The molecule has 1 N–H and O–H groups in total. The highest BCUT2D eigenvalue weighted by Gasteiger charge is 2.15. The lowest BCUT2D eigenvalue weighted by molar-refractivity contribution is 0.120. The molecule has 2 aromatic rings. The Bertz CT molecular complexity index is 478. The lowest BCUT2D eigenvalue weighted by Crippen LogP contribution is -2.19. The lowest BCUT2D eigenvalue weighted by Gasteiger charge is -2.10. The van der Waals surface area contributed by atoms with E-state index in [4.69, 9.17) is 4.74 Å². The Morgan fingerprint density at radius 2 is 2.50 bits per heavy atom. The average molecular weight is 220 g/mol. The summed E-state index contributed by atoms with van der Waals surface area (Å²) in [6.07, 6.45) is 2.55. The van der Waals surface area contributed by atoms with Gasteiger partial charge in [-0.15, -0.1) is 14.8 Å². The van der Waals surface area contributed by atoms with Crippen LogP contribution in [0.5, 0.6) is 0 Å². The van der Waals surface area contributed by atoms with Crippen LogP contribution >= 0.6 is 0 Å². The molecular formula is C9H12N6O. The first kappa shape index (κ1) is 9.46. The van der Waals surface area contributed by atoms with E-state index >= 15 is 0 Å². The highest BCUT2D eigenvalue weighted by atomic mass is 16.5. The number of hydrogen-bond acceptors (Lipinski definition) is 6. The smallest absolute Gasteiger partial charge is 0.200 e. The first-order chi connectivity index (χ1) is 7.92. The summed E-state index contributed by atoms with van der Waals surface area (Å²) in [7, 11) is 0. The second kappa shape index (κ2) is 4.01. The summed E-state index contributed by atoms with van der Waals surface area (Å²) in [5.41, 5.74) is 0.641. The molecule has 0 saturated carbocycles. The number of tetrazole rings is 1. The van der Waals surface area contributed by atoms with E-state index in [-0.39, 0.29) is 0 Å². The van der Waals surface area contributed by atoms with Crippen molar-refractivity contribution in [2.24, 2.45) is 0 Å². The van der Waals surface area contributed by atoms with Crippen LogP contribution in [-0.4, -0.2) is 44.5 Å². The van der Waals surface area contributed by atoms with Gasteiger partial charge in [-0.3, -0.25) is 0 Å². The molecule has 0 amide bonds. The van der Waals surface area contributed by atoms with Crippen LogP contribution in [0.2, 0.25) is 0 Å². The fraction of sp³-hybridized carbons (Fsp3) is 0.556. The molecular weight excluding hydrogens is 208 g/mol. The number of rotatable bonds is 3. The Hall–Kier alpha value is -1.76. The van der Waals surface area contributed by atoms with Crippen LogP contribution in [0, 0.1) is 0 Å². The van der Waals surface area contributed by atoms with Crippen molar-refractivity contribution in [3.8, 4) is 0 Å². The maximum atomic E-state index is 5.51. The van der Waals surface area contributed by atoms with E-state index in [2.05, 4.69) is 25.9 Å². The molecule has 84 valence electrons.